The normalized spacial score (nSPS) is 11.9. The molecular formula is C27H28IN3O. The Morgan fingerprint density at radius 3 is 2.47 bits per heavy atom. The molecule has 0 bridgehead atoms. The highest BCUT2D eigenvalue weighted by Gasteiger charge is 2.15. The van der Waals surface area contributed by atoms with E-state index in [-0.39, 0.29) is 24.0 Å². The highest BCUT2D eigenvalue weighted by molar-refractivity contribution is 6.08. The van der Waals surface area contributed by atoms with Crippen molar-refractivity contribution >= 4 is 45.1 Å². The lowest BCUT2D eigenvalue weighted by atomic mass is 10.1. The van der Waals surface area contributed by atoms with Gasteiger partial charge < -0.3 is 37.9 Å². The van der Waals surface area contributed by atoms with Gasteiger partial charge in [0, 0.05) is 34.4 Å². The number of hydrogen-bond acceptors (Lipinski definition) is 2. The summed E-state index contributed by atoms with van der Waals surface area (Å²) in [6.07, 6.45) is 5.32. The smallest absolute Gasteiger partial charge is 0.373 e. The molecule has 0 N–H and O–H groups in total. The molecule has 0 fully saturated rings. The second-order valence-corrected chi connectivity index (χ2v) is 8.40. The van der Waals surface area contributed by atoms with Crippen LogP contribution >= 0.6 is 0 Å². The number of fused-ring (bicyclic) bond motifs is 4. The highest BCUT2D eigenvalue weighted by atomic mass is 127. The number of benzene rings is 3. The van der Waals surface area contributed by atoms with E-state index >= 15 is 0 Å². The Hall–Kier alpha value is -2.64. The third-order valence-corrected chi connectivity index (χ3v) is 5.97. The number of aromatic nitrogens is 2. The summed E-state index contributed by atoms with van der Waals surface area (Å²) in [7, 11) is 6.30. The van der Waals surface area contributed by atoms with Gasteiger partial charge in [0.1, 0.15) is 7.05 Å². The number of oxazole rings is 1. The largest absolute Gasteiger partial charge is 1.00 e. The summed E-state index contributed by atoms with van der Waals surface area (Å²) in [6.45, 7) is 2.11. The number of aryl methyl sites for hydroxylation is 2. The lowest BCUT2D eigenvalue weighted by Crippen LogP contribution is -3.00. The summed E-state index contributed by atoms with van der Waals surface area (Å²) in [5.41, 5.74) is 5.77. The van der Waals surface area contributed by atoms with Crippen molar-refractivity contribution in [3.63, 3.8) is 0 Å². The molecule has 5 aromatic rings. The maximum absolute atomic E-state index is 6.01. The summed E-state index contributed by atoms with van der Waals surface area (Å²) in [6, 6.07) is 23.6. The Balaban J connectivity index is 0.00000245. The van der Waals surface area contributed by atoms with E-state index in [1.807, 2.05) is 25.2 Å². The van der Waals surface area contributed by atoms with Gasteiger partial charge in [-0.1, -0.05) is 36.4 Å². The zero-order valence-electron chi connectivity index (χ0n) is 18.8. The highest BCUT2D eigenvalue weighted by Crippen LogP contribution is 2.30. The molecule has 0 aliphatic heterocycles. The lowest BCUT2D eigenvalue weighted by Gasteiger charge is -2.11. The second-order valence-electron chi connectivity index (χ2n) is 8.40. The molecule has 5 heteroatoms. The van der Waals surface area contributed by atoms with Gasteiger partial charge in [0.25, 0.3) is 5.52 Å². The number of rotatable bonds is 6. The van der Waals surface area contributed by atoms with Crippen molar-refractivity contribution in [2.75, 3.05) is 20.6 Å². The fourth-order valence-electron chi connectivity index (χ4n) is 4.39. The molecule has 3 aromatic carbocycles. The molecule has 4 nitrogen and oxygen atoms in total. The van der Waals surface area contributed by atoms with E-state index in [0.717, 1.165) is 36.5 Å². The number of hydrogen-bond donors (Lipinski definition) is 0. The number of halogens is 1. The van der Waals surface area contributed by atoms with Crippen LogP contribution in [0.5, 0.6) is 0 Å². The molecule has 0 saturated heterocycles. The van der Waals surface area contributed by atoms with Gasteiger partial charge in [0.05, 0.1) is 6.08 Å². The Kier molecular flexibility index (Phi) is 6.67. The summed E-state index contributed by atoms with van der Waals surface area (Å²) in [5.74, 6) is 0.840. The fraction of sp³-hybridized carbons (Fsp3) is 0.222. The average Bonchev–Trinajstić information content (AvgIpc) is 3.27. The molecule has 0 aliphatic rings. The first-order valence-electron chi connectivity index (χ1n) is 10.8. The van der Waals surface area contributed by atoms with Crippen molar-refractivity contribution in [1.29, 1.82) is 0 Å². The van der Waals surface area contributed by atoms with Crippen LogP contribution in [0.4, 0.5) is 0 Å². The van der Waals surface area contributed by atoms with Crippen molar-refractivity contribution in [3.05, 3.63) is 78.2 Å². The topological polar surface area (TPSA) is 25.2 Å². The van der Waals surface area contributed by atoms with Crippen molar-refractivity contribution in [2.24, 2.45) is 7.05 Å². The molecule has 164 valence electrons. The Morgan fingerprint density at radius 1 is 0.906 bits per heavy atom. The lowest BCUT2D eigenvalue weighted by molar-refractivity contribution is -0.651. The summed E-state index contributed by atoms with van der Waals surface area (Å²) in [4.78, 5) is 2.24. The minimum absolute atomic E-state index is 0. The molecule has 0 aliphatic carbocycles. The zero-order chi connectivity index (χ0) is 21.4. The van der Waals surface area contributed by atoms with Crippen molar-refractivity contribution in [1.82, 2.24) is 9.47 Å². The predicted octanol–water partition coefficient (Wildman–Crippen LogP) is 2.49. The number of nitrogens with zero attached hydrogens (tertiary/aromatic N) is 3. The molecule has 2 aromatic heterocycles. The first kappa shape index (κ1) is 22.6. The minimum Gasteiger partial charge on any atom is -1.00 e. The molecule has 0 spiro atoms. The molecule has 5 rings (SSSR count). The van der Waals surface area contributed by atoms with Crippen LogP contribution in [-0.2, 0) is 13.6 Å². The third-order valence-electron chi connectivity index (χ3n) is 5.97. The Labute approximate surface area is 205 Å². The van der Waals surface area contributed by atoms with E-state index in [1.165, 1.54) is 27.4 Å². The van der Waals surface area contributed by atoms with Crippen LogP contribution in [0.1, 0.15) is 17.9 Å². The Bertz CT molecular complexity index is 1410. The van der Waals surface area contributed by atoms with E-state index in [1.54, 1.807) is 0 Å². The zero-order valence-corrected chi connectivity index (χ0v) is 20.9. The van der Waals surface area contributed by atoms with Crippen LogP contribution in [0.25, 0.3) is 45.1 Å². The summed E-state index contributed by atoms with van der Waals surface area (Å²) in [5, 5.41) is 2.61. The summed E-state index contributed by atoms with van der Waals surface area (Å²) < 4.78 is 10.6. The Morgan fingerprint density at radius 2 is 1.66 bits per heavy atom. The first-order chi connectivity index (χ1) is 15.1. The van der Waals surface area contributed by atoms with Gasteiger partial charge in [-0.3, -0.25) is 0 Å². The molecule has 0 amide bonds. The number of para-hydroxylation sites is 3. The minimum atomic E-state index is 0. The molecule has 0 saturated carbocycles. The van der Waals surface area contributed by atoms with Crippen LogP contribution < -0.4 is 28.5 Å². The summed E-state index contributed by atoms with van der Waals surface area (Å²) >= 11 is 0. The van der Waals surface area contributed by atoms with Gasteiger partial charge in [-0.25, -0.2) is 0 Å². The molecule has 0 atom stereocenters. The standard InChI is InChI=1S/C27H28N3O.HI/c1-28(2)17-8-18-30-23-10-5-4-9-21(23)22-19-20(13-15-24(22)30)14-16-27-29(3)25-11-6-7-12-26(25)31-27;/h4-7,9-16,19H,8,17-18H2,1-3H3;1H/q+1;/p-1. The SMILES string of the molecule is CN(C)CCCn1c2ccccc2c2cc(/C=C/c3oc4ccccc4[n+]3C)ccc21.[I-]. The van der Waals surface area contributed by atoms with E-state index in [2.05, 4.69) is 88.8 Å². The van der Waals surface area contributed by atoms with Crippen LogP contribution in [0.2, 0.25) is 0 Å². The third kappa shape index (κ3) is 4.19. The monoisotopic (exact) mass is 537 g/mol. The van der Waals surface area contributed by atoms with Gasteiger partial charge in [-0.2, -0.15) is 4.57 Å². The van der Waals surface area contributed by atoms with Crippen LogP contribution in [0.3, 0.4) is 0 Å². The van der Waals surface area contributed by atoms with Crippen LogP contribution in [0.15, 0.2) is 71.1 Å². The van der Waals surface area contributed by atoms with E-state index < -0.39 is 0 Å². The first-order valence-corrected chi connectivity index (χ1v) is 10.8. The second kappa shape index (κ2) is 9.46. The maximum atomic E-state index is 6.01. The van der Waals surface area contributed by atoms with Crippen LogP contribution in [0, 0.1) is 0 Å². The van der Waals surface area contributed by atoms with Crippen molar-refractivity contribution in [3.8, 4) is 0 Å². The van der Waals surface area contributed by atoms with Gasteiger partial charge >= 0.3 is 5.89 Å². The van der Waals surface area contributed by atoms with Crippen LogP contribution in [-0.4, -0.2) is 30.1 Å². The van der Waals surface area contributed by atoms with Gasteiger partial charge in [-0.05, 0) is 63.0 Å². The molecule has 0 unspecified atom stereocenters. The van der Waals surface area contributed by atoms with E-state index in [4.69, 9.17) is 4.42 Å². The van der Waals surface area contributed by atoms with Crippen molar-refractivity contribution < 1.29 is 33.0 Å². The van der Waals surface area contributed by atoms with E-state index in [0.29, 0.717) is 0 Å². The quantitative estimate of drug-likeness (QED) is 0.246. The van der Waals surface area contributed by atoms with Gasteiger partial charge in [0.2, 0.25) is 5.58 Å². The molecule has 32 heavy (non-hydrogen) atoms. The molecule has 2 heterocycles. The molecular weight excluding hydrogens is 509 g/mol. The maximum Gasteiger partial charge on any atom is 0.373 e. The van der Waals surface area contributed by atoms with Gasteiger partial charge in [-0.15, -0.1) is 0 Å². The molecule has 0 radical (unpaired) electrons. The van der Waals surface area contributed by atoms with Gasteiger partial charge in [0.15, 0.2) is 0 Å². The predicted molar refractivity (Wildman–Crippen MR) is 129 cm³/mol. The fourth-order valence-corrected chi connectivity index (χ4v) is 4.39. The average molecular weight is 537 g/mol. The van der Waals surface area contributed by atoms with E-state index in [9.17, 15) is 0 Å². The van der Waals surface area contributed by atoms with Crippen molar-refractivity contribution in [2.45, 2.75) is 13.0 Å².